The maximum atomic E-state index is 11.1. The second kappa shape index (κ2) is 8.17. The van der Waals surface area contributed by atoms with Gasteiger partial charge >= 0.3 is 16.5 Å². The Labute approximate surface area is 103 Å². The van der Waals surface area contributed by atoms with E-state index in [9.17, 15) is 4.79 Å². The van der Waals surface area contributed by atoms with Gasteiger partial charge in [0.05, 0.1) is 0 Å². The molecule has 1 aliphatic carbocycles. The molecular weight excluding hydrogens is 259 g/mol. The van der Waals surface area contributed by atoms with E-state index in [0.717, 1.165) is 0 Å². The molecule has 15 heavy (non-hydrogen) atoms. The van der Waals surface area contributed by atoms with Crippen LogP contribution < -0.4 is 11.2 Å². The molecule has 5 N–H and O–H groups in total. The number of nitrogens with zero attached hydrogens (tertiary/aromatic N) is 1. The van der Waals surface area contributed by atoms with Gasteiger partial charge in [0.25, 0.3) is 0 Å². The summed E-state index contributed by atoms with van der Waals surface area (Å²) in [4.78, 5) is 11.1. The first kappa shape index (κ1) is 16.3. The van der Waals surface area contributed by atoms with E-state index in [2.05, 4.69) is 23.2 Å². The molecule has 0 bridgehead atoms. The summed E-state index contributed by atoms with van der Waals surface area (Å²) in [7, 11) is 0. The molecule has 0 aromatic rings. The van der Waals surface area contributed by atoms with Gasteiger partial charge in [0.2, 0.25) is 0 Å². The predicted molar refractivity (Wildman–Crippen MR) is 58.8 cm³/mol. The van der Waals surface area contributed by atoms with Crippen LogP contribution in [0.3, 0.4) is 0 Å². The molecule has 0 saturated carbocycles. The van der Waals surface area contributed by atoms with Gasteiger partial charge in [0.15, 0.2) is 5.78 Å². The van der Waals surface area contributed by atoms with Crippen LogP contribution in [0.25, 0.3) is 6.15 Å². The molecular formula is C8H10N4NiOS. The third-order valence-corrected chi connectivity index (χ3v) is 1.41. The zero-order chi connectivity index (χ0) is 9.68. The van der Waals surface area contributed by atoms with Crippen molar-refractivity contribution in [3.8, 4) is 0 Å². The van der Waals surface area contributed by atoms with Crippen molar-refractivity contribution in [2.24, 2.45) is 10.8 Å². The van der Waals surface area contributed by atoms with Crippen molar-refractivity contribution in [3.63, 3.8) is 0 Å². The SMILES string of the molecule is NC([S-])=NNC=C1C=CC=CC1=O.[NH2-].[Ni+2]. The second-order valence-electron chi connectivity index (χ2n) is 2.26. The standard InChI is InChI=1S/C8H9N3OS.H2N.Ni/c9-8(13)11-10-5-6-3-1-2-4-7(6)12;;/h1-5,10H,(H3,9,11,13);1H2;/q;-1;+2/p-1. The Morgan fingerprint density at radius 1 is 1.47 bits per heavy atom. The summed E-state index contributed by atoms with van der Waals surface area (Å²) in [5.41, 5.74) is 8.09. The first-order chi connectivity index (χ1) is 6.20. The van der Waals surface area contributed by atoms with Crippen LogP contribution in [0.5, 0.6) is 0 Å². The third kappa shape index (κ3) is 6.01. The van der Waals surface area contributed by atoms with E-state index in [4.69, 9.17) is 5.73 Å². The van der Waals surface area contributed by atoms with Crippen molar-refractivity contribution in [1.82, 2.24) is 5.43 Å². The van der Waals surface area contributed by atoms with Gasteiger partial charge < -0.3 is 24.5 Å². The number of nitrogens with one attached hydrogen (secondary N) is 1. The van der Waals surface area contributed by atoms with Gasteiger partial charge in [-0.2, -0.15) is 5.10 Å². The minimum atomic E-state index is -0.0758. The molecule has 1 rings (SSSR count). The molecule has 0 aliphatic heterocycles. The quantitative estimate of drug-likeness (QED) is 0.192. The van der Waals surface area contributed by atoms with Crippen molar-refractivity contribution < 1.29 is 21.3 Å². The van der Waals surface area contributed by atoms with E-state index in [-0.39, 0.29) is 33.6 Å². The van der Waals surface area contributed by atoms with E-state index >= 15 is 0 Å². The Morgan fingerprint density at radius 3 is 2.60 bits per heavy atom. The van der Waals surface area contributed by atoms with Crippen LogP contribution >= 0.6 is 0 Å². The van der Waals surface area contributed by atoms with Crippen molar-refractivity contribution in [2.75, 3.05) is 0 Å². The fraction of sp³-hybridized carbons (Fsp3) is 0. The molecule has 0 heterocycles. The zero-order valence-corrected chi connectivity index (χ0v) is 9.43. The molecule has 7 heteroatoms. The van der Waals surface area contributed by atoms with Crippen LogP contribution in [-0.2, 0) is 33.9 Å². The van der Waals surface area contributed by atoms with Gasteiger partial charge in [-0.05, 0) is 17.3 Å². The molecule has 5 nitrogen and oxygen atoms in total. The van der Waals surface area contributed by atoms with Crippen molar-refractivity contribution in [1.29, 1.82) is 0 Å². The number of amidine groups is 1. The molecule has 84 valence electrons. The predicted octanol–water partition coefficient (Wildman–Crippen LogP) is 0.646. The first-order valence-electron chi connectivity index (χ1n) is 3.55. The van der Waals surface area contributed by atoms with Gasteiger partial charge in [-0.25, -0.2) is 0 Å². The Bertz CT molecular complexity index is 332. The number of hydrogen-bond donors (Lipinski definition) is 2. The number of carbonyl (C=O) groups is 1. The van der Waals surface area contributed by atoms with Crippen LogP contribution in [0.1, 0.15) is 0 Å². The van der Waals surface area contributed by atoms with Crippen LogP contribution in [0.15, 0.2) is 41.2 Å². The average molecular weight is 269 g/mol. The molecule has 0 unspecified atom stereocenters. The Kier molecular flexibility index (Phi) is 8.86. The van der Waals surface area contributed by atoms with Crippen molar-refractivity contribution in [2.45, 2.75) is 0 Å². The molecule has 0 atom stereocenters. The minimum absolute atomic E-state index is 0. The average Bonchev–Trinajstić information content (AvgIpc) is 2.08. The zero-order valence-electron chi connectivity index (χ0n) is 7.62. The number of carbonyl (C=O) groups excluding carboxylic acids is 1. The summed E-state index contributed by atoms with van der Waals surface area (Å²) in [6.45, 7) is 0. The number of ketones is 1. The summed E-state index contributed by atoms with van der Waals surface area (Å²) in [6.07, 6.45) is 8.01. The number of hydrazone groups is 1. The maximum Gasteiger partial charge on any atom is 2.00 e. The van der Waals surface area contributed by atoms with Crippen molar-refractivity contribution in [3.05, 3.63) is 42.2 Å². The van der Waals surface area contributed by atoms with Gasteiger partial charge in [-0.15, -0.1) is 0 Å². The normalized spacial score (nSPS) is 16.9. The molecule has 0 saturated heterocycles. The van der Waals surface area contributed by atoms with Crippen LogP contribution in [-0.4, -0.2) is 11.0 Å². The van der Waals surface area contributed by atoms with E-state index < -0.39 is 0 Å². The largest absolute Gasteiger partial charge is 2.00 e. The minimum Gasteiger partial charge on any atom is -0.741 e. The molecule has 1 aliphatic rings. The maximum absolute atomic E-state index is 11.1. The Hall–Kier alpha value is -1.17. The Morgan fingerprint density at radius 2 is 2.07 bits per heavy atom. The monoisotopic (exact) mass is 268 g/mol. The van der Waals surface area contributed by atoms with Gasteiger partial charge in [0, 0.05) is 11.8 Å². The molecule has 0 radical (unpaired) electrons. The summed E-state index contributed by atoms with van der Waals surface area (Å²) in [5, 5.41) is 3.53. The molecule has 0 fully saturated rings. The second-order valence-corrected chi connectivity index (χ2v) is 2.68. The van der Waals surface area contributed by atoms with Gasteiger partial charge in [0.1, 0.15) is 0 Å². The van der Waals surface area contributed by atoms with E-state index in [1.807, 2.05) is 0 Å². The third-order valence-electron chi connectivity index (χ3n) is 1.31. The number of rotatable bonds is 2. The molecule has 0 amide bonds. The van der Waals surface area contributed by atoms with E-state index in [1.165, 1.54) is 12.3 Å². The summed E-state index contributed by atoms with van der Waals surface area (Å²) in [6, 6.07) is 0. The number of hydrogen-bond acceptors (Lipinski definition) is 4. The smallest absolute Gasteiger partial charge is 0.741 e. The fourth-order valence-electron chi connectivity index (χ4n) is 0.765. The summed E-state index contributed by atoms with van der Waals surface area (Å²) >= 11 is 4.49. The van der Waals surface area contributed by atoms with Crippen LogP contribution in [0.2, 0.25) is 0 Å². The molecule has 0 aromatic carbocycles. The van der Waals surface area contributed by atoms with Gasteiger partial charge in [-0.1, -0.05) is 12.2 Å². The van der Waals surface area contributed by atoms with Crippen LogP contribution in [0.4, 0.5) is 0 Å². The topological polar surface area (TPSA) is 101 Å². The summed E-state index contributed by atoms with van der Waals surface area (Å²) < 4.78 is 0. The number of nitrogens with two attached hydrogens (primary N) is 2. The molecule has 0 aromatic heterocycles. The first-order valence-corrected chi connectivity index (χ1v) is 3.96. The van der Waals surface area contributed by atoms with Crippen molar-refractivity contribution >= 4 is 23.6 Å². The Balaban J connectivity index is 0. The van der Waals surface area contributed by atoms with Crippen LogP contribution in [0, 0.1) is 0 Å². The van der Waals surface area contributed by atoms with E-state index in [1.54, 1.807) is 18.2 Å². The summed E-state index contributed by atoms with van der Waals surface area (Å²) in [5.74, 6) is -0.0758. The van der Waals surface area contributed by atoms with Gasteiger partial charge in [-0.3, -0.25) is 10.2 Å². The number of allylic oxidation sites excluding steroid dienone is 5. The van der Waals surface area contributed by atoms with E-state index in [0.29, 0.717) is 5.57 Å². The fourth-order valence-corrected chi connectivity index (χ4v) is 0.818. The molecule has 0 spiro atoms.